The summed E-state index contributed by atoms with van der Waals surface area (Å²) in [5.41, 5.74) is 3.99. The van der Waals surface area contributed by atoms with E-state index in [-0.39, 0.29) is 0 Å². The maximum atomic E-state index is 5.01. The van der Waals surface area contributed by atoms with Crippen LogP contribution in [0.25, 0.3) is 6.08 Å². The maximum Gasteiger partial charge on any atom is 0.0974 e. The molecule has 18 heavy (non-hydrogen) atoms. The van der Waals surface area contributed by atoms with Crippen LogP contribution in [0.15, 0.2) is 53.4 Å². The van der Waals surface area contributed by atoms with Gasteiger partial charge in [-0.1, -0.05) is 43.3 Å². The number of rotatable bonds is 6. The normalized spacial score (nSPS) is 11.2. The lowest BCUT2D eigenvalue weighted by atomic mass is 10.0. The highest BCUT2D eigenvalue weighted by Crippen LogP contribution is 2.10. The van der Waals surface area contributed by atoms with E-state index in [9.17, 15) is 0 Å². The van der Waals surface area contributed by atoms with E-state index in [4.69, 9.17) is 4.42 Å². The molecule has 0 saturated heterocycles. The Labute approximate surface area is 109 Å². The lowest BCUT2D eigenvalue weighted by molar-refractivity contribution is 0.567. The summed E-state index contributed by atoms with van der Waals surface area (Å²) in [6.07, 6.45) is 12.4. The molecule has 0 aliphatic rings. The minimum absolute atomic E-state index is 1.11. The van der Waals surface area contributed by atoms with E-state index in [1.807, 2.05) is 6.07 Å². The summed E-state index contributed by atoms with van der Waals surface area (Å²) in [4.78, 5) is 0. The van der Waals surface area contributed by atoms with Gasteiger partial charge in [-0.3, -0.25) is 0 Å². The highest BCUT2D eigenvalue weighted by molar-refractivity contribution is 5.46. The fraction of sp³-hybridized carbons (Fsp3) is 0.294. The number of unbranched alkanes of at least 4 members (excludes halogenated alkanes) is 1. The van der Waals surface area contributed by atoms with Gasteiger partial charge in [-0.2, -0.15) is 0 Å². The zero-order chi connectivity index (χ0) is 12.6. The second-order valence-corrected chi connectivity index (χ2v) is 4.52. The SMILES string of the molecule is CCc1ccc(CCC/C=C/c2ccoc2)cc1. The first-order valence-corrected chi connectivity index (χ1v) is 6.65. The van der Waals surface area contributed by atoms with Gasteiger partial charge in [-0.05, 0) is 42.9 Å². The molecule has 0 bridgehead atoms. The van der Waals surface area contributed by atoms with Gasteiger partial charge in [0.25, 0.3) is 0 Å². The Morgan fingerprint density at radius 2 is 1.83 bits per heavy atom. The molecule has 1 nitrogen and oxygen atoms in total. The van der Waals surface area contributed by atoms with Gasteiger partial charge in [-0.25, -0.2) is 0 Å². The van der Waals surface area contributed by atoms with Gasteiger partial charge in [0.15, 0.2) is 0 Å². The van der Waals surface area contributed by atoms with Gasteiger partial charge in [0.05, 0.1) is 12.5 Å². The molecule has 1 aromatic heterocycles. The van der Waals surface area contributed by atoms with Crippen LogP contribution in [-0.2, 0) is 12.8 Å². The van der Waals surface area contributed by atoms with Crippen LogP contribution in [0.1, 0.15) is 36.5 Å². The Hall–Kier alpha value is -1.76. The summed E-state index contributed by atoms with van der Waals surface area (Å²) in [5, 5.41) is 0. The molecule has 0 aliphatic carbocycles. The molecular weight excluding hydrogens is 220 g/mol. The van der Waals surface area contributed by atoms with Gasteiger partial charge in [-0.15, -0.1) is 0 Å². The Balaban J connectivity index is 1.71. The third kappa shape index (κ3) is 3.92. The van der Waals surface area contributed by atoms with Crippen molar-refractivity contribution in [2.45, 2.75) is 32.6 Å². The van der Waals surface area contributed by atoms with E-state index in [2.05, 4.69) is 43.3 Å². The van der Waals surface area contributed by atoms with Crippen molar-refractivity contribution in [2.75, 3.05) is 0 Å². The zero-order valence-electron chi connectivity index (χ0n) is 10.9. The van der Waals surface area contributed by atoms with Crippen LogP contribution in [0, 0.1) is 0 Å². The van der Waals surface area contributed by atoms with Gasteiger partial charge in [0, 0.05) is 5.56 Å². The molecule has 1 aromatic carbocycles. The van der Waals surface area contributed by atoms with Gasteiger partial charge < -0.3 is 4.42 Å². The molecular formula is C17H20O. The van der Waals surface area contributed by atoms with Gasteiger partial charge in [0.1, 0.15) is 0 Å². The third-order valence-corrected chi connectivity index (χ3v) is 3.12. The van der Waals surface area contributed by atoms with E-state index >= 15 is 0 Å². The first kappa shape index (κ1) is 12.7. The second-order valence-electron chi connectivity index (χ2n) is 4.52. The number of allylic oxidation sites excluding steroid dienone is 1. The number of benzene rings is 1. The molecule has 0 amide bonds. The van der Waals surface area contributed by atoms with Crippen LogP contribution >= 0.6 is 0 Å². The largest absolute Gasteiger partial charge is 0.472 e. The molecule has 0 radical (unpaired) electrons. The minimum atomic E-state index is 1.11. The smallest absolute Gasteiger partial charge is 0.0974 e. The monoisotopic (exact) mass is 240 g/mol. The maximum absolute atomic E-state index is 5.01. The Kier molecular flexibility index (Phi) is 4.83. The van der Waals surface area contributed by atoms with E-state index in [1.165, 1.54) is 17.5 Å². The number of hydrogen-bond acceptors (Lipinski definition) is 1. The summed E-state index contributed by atoms with van der Waals surface area (Å²) in [6, 6.07) is 10.9. The molecule has 0 unspecified atom stereocenters. The van der Waals surface area contributed by atoms with Gasteiger partial charge in [0.2, 0.25) is 0 Å². The fourth-order valence-electron chi connectivity index (χ4n) is 1.95. The Morgan fingerprint density at radius 1 is 1.06 bits per heavy atom. The highest BCUT2D eigenvalue weighted by Gasteiger charge is 1.93. The molecule has 0 N–H and O–H groups in total. The first-order valence-electron chi connectivity index (χ1n) is 6.65. The van der Waals surface area contributed by atoms with Crippen molar-refractivity contribution < 1.29 is 4.42 Å². The summed E-state index contributed by atoms with van der Waals surface area (Å²) in [6.45, 7) is 2.19. The van der Waals surface area contributed by atoms with Crippen molar-refractivity contribution in [3.63, 3.8) is 0 Å². The van der Waals surface area contributed by atoms with E-state index in [1.54, 1.807) is 12.5 Å². The summed E-state index contributed by atoms with van der Waals surface area (Å²) >= 11 is 0. The van der Waals surface area contributed by atoms with Crippen LogP contribution in [-0.4, -0.2) is 0 Å². The molecule has 0 aliphatic heterocycles. The molecule has 2 rings (SSSR count). The van der Waals surface area contributed by atoms with Crippen molar-refractivity contribution in [2.24, 2.45) is 0 Å². The van der Waals surface area contributed by atoms with E-state index in [0.717, 1.165) is 24.8 Å². The van der Waals surface area contributed by atoms with Crippen molar-refractivity contribution in [1.29, 1.82) is 0 Å². The van der Waals surface area contributed by atoms with Crippen molar-refractivity contribution in [3.8, 4) is 0 Å². The summed E-state index contributed by atoms with van der Waals surface area (Å²) in [5.74, 6) is 0. The molecule has 0 fully saturated rings. The van der Waals surface area contributed by atoms with Crippen LogP contribution < -0.4 is 0 Å². The lowest BCUT2D eigenvalue weighted by Gasteiger charge is -2.01. The fourth-order valence-corrected chi connectivity index (χ4v) is 1.95. The van der Waals surface area contributed by atoms with Gasteiger partial charge >= 0.3 is 0 Å². The van der Waals surface area contributed by atoms with E-state index in [0.29, 0.717) is 0 Å². The average Bonchev–Trinajstić information content (AvgIpc) is 2.92. The quantitative estimate of drug-likeness (QED) is 0.656. The van der Waals surface area contributed by atoms with Crippen LogP contribution in [0.5, 0.6) is 0 Å². The molecule has 94 valence electrons. The number of furan rings is 1. The lowest BCUT2D eigenvalue weighted by Crippen LogP contribution is -1.86. The molecule has 0 atom stereocenters. The first-order chi connectivity index (χ1) is 8.88. The molecule has 0 spiro atoms. The van der Waals surface area contributed by atoms with Crippen LogP contribution in [0.3, 0.4) is 0 Å². The Bertz CT molecular complexity index is 463. The van der Waals surface area contributed by atoms with Crippen LogP contribution in [0.2, 0.25) is 0 Å². The molecule has 0 saturated carbocycles. The predicted octanol–water partition coefficient (Wildman–Crippen LogP) is 4.88. The van der Waals surface area contributed by atoms with Crippen molar-refractivity contribution in [1.82, 2.24) is 0 Å². The van der Waals surface area contributed by atoms with Crippen molar-refractivity contribution >= 4 is 6.08 Å². The number of hydrogen-bond donors (Lipinski definition) is 0. The third-order valence-electron chi connectivity index (χ3n) is 3.12. The number of aryl methyl sites for hydroxylation is 2. The minimum Gasteiger partial charge on any atom is -0.472 e. The summed E-state index contributed by atoms with van der Waals surface area (Å²) in [7, 11) is 0. The standard InChI is InChI=1S/C17H20O/c1-2-15-8-10-16(11-9-15)6-4-3-5-7-17-12-13-18-14-17/h5,7-14H,2-4,6H2,1H3/b7-5+. The Morgan fingerprint density at radius 3 is 2.50 bits per heavy atom. The van der Waals surface area contributed by atoms with Crippen LogP contribution in [0.4, 0.5) is 0 Å². The predicted molar refractivity (Wildman–Crippen MR) is 76.5 cm³/mol. The van der Waals surface area contributed by atoms with Crippen molar-refractivity contribution in [3.05, 3.63) is 65.6 Å². The highest BCUT2D eigenvalue weighted by atomic mass is 16.3. The molecule has 1 heteroatoms. The van der Waals surface area contributed by atoms with E-state index < -0.39 is 0 Å². The average molecular weight is 240 g/mol. The molecule has 1 heterocycles. The zero-order valence-corrected chi connectivity index (χ0v) is 10.9. The summed E-state index contributed by atoms with van der Waals surface area (Å²) < 4.78 is 5.01. The topological polar surface area (TPSA) is 13.1 Å². The second kappa shape index (κ2) is 6.85. The molecule has 2 aromatic rings.